The van der Waals surface area contributed by atoms with Gasteiger partial charge in [-0.2, -0.15) is 0 Å². The summed E-state index contributed by atoms with van der Waals surface area (Å²) in [5.41, 5.74) is 5.26. The monoisotopic (exact) mass is 254 g/mol. The lowest BCUT2D eigenvalue weighted by atomic mass is 10.3. The van der Waals surface area contributed by atoms with Crippen LogP contribution < -0.4 is 15.8 Å². The second-order valence-corrected chi connectivity index (χ2v) is 3.69. The quantitative estimate of drug-likeness (QED) is 0.754. The Morgan fingerprint density at radius 3 is 2.71 bits per heavy atom. The first-order chi connectivity index (χ1) is 8.22. The summed E-state index contributed by atoms with van der Waals surface area (Å²) in [6, 6.07) is 6.84. The maximum Gasteiger partial charge on any atom is 0.258 e. The summed E-state index contributed by atoms with van der Waals surface area (Å²) < 4.78 is 5.26. The van der Waals surface area contributed by atoms with Gasteiger partial charge in [0.25, 0.3) is 5.91 Å². The molecule has 0 aromatic heterocycles. The van der Waals surface area contributed by atoms with E-state index in [4.69, 9.17) is 22.1 Å². The molecule has 0 aliphatic carbocycles. The molecule has 17 heavy (non-hydrogen) atoms. The number of nitrogens with two attached hydrogens (primary N) is 1. The van der Waals surface area contributed by atoms with Crippen LogP contribution in [0.3, 0.4) is 0 Å². The van der Waals surface area contributed by atoms with Crippen LogP contribution in [-0.4, -0.2) is 25.6 Å². The first kappa shape index (κ1) is 13.5. The summed E-state index contributed by atoms with van der Waals surface area (Å²) in [7, 11) is 0. The minimum atomic E-state index is -0.179. The molecule has 0 radical (unpaired) electrons. The number of halogens is 1. The summed E-state index contributed by atoms with van der Waals surface area (Å²) in [5.74, 6) is 0.434. The molecule has 92 valence electrons. The summed E-state index contributed by atoms with van der Waals surface area (Å²) in [6.45, 7) is 0.912. The lowest BCUT2D eigenvalue weighted by Gasteiger charge is -2.05. The topological polar surface area (TPSA) is 64.3 Å². The highest BCUT2D eigenvalue weighted by Crippen LogP contribution is 2.15. The fourth-order valence-electron chi connectivity index (χ4n) is 1.08. The molecule has 0 bridgehead atoms. The van der Waals surface area contributed by atoms with Crippen LogP contribution in [0.2, 0.25) is 5.02 Å². The molecule has 0 saturated heterocycles. The van der Waals surface area contributed by atoms with Crippen molar-refractivity contribution < 1.29 is 9.53 Å². The molecule has 1 amide bonds. The zero-order valence-corrected chi connectivity index (χ0v) is 10.1. The summed E-state index contributed by atoms with van der Waals surface area (Å²) >= 11 is 5.72. The van der Waals surface area contributed by atoms with Crippen molar-refractivity contribution in [1.29, 1.82) is 0 Å². The maximum absolute atomic E-state index is 11.3. The summed E-state index contributed by atoms with van der Waals surface area (Å²) in [6.07, 6.45) is 3.57. The van der Waals surface area contributed by atoms with E-state index in [1.54, 1.807) is 36.4 Å². The van der Waals surface area contributed by atoms with Crippen LogP contribution in [0.4, 0.5) is 0 Å². The van der Waals surface area contributed by atoms with Crippen molar-refractivity contribution in [2.75, 3.05) is 19.7 Å². The van der Waals surface area contributed by atoms with Gasteiger partial charge in [-0.05, 0) is 24.3 Å². The number of hydrogen-bond acceptors (Lipinski definition) is 3. The molecular formula is C12H15ClN2O2. The van der Waals surface area contributed by atoms with Crippen LogP contribution in [0.5, 0.6) is 5.75 Å². The third-order valence-electron chi connectivity index (χ3n) is 1.90. The Hall–Kier alpha value is -1.52. The lowest BCUT2D eigenvalue weighted by Crippen LogP contribution is -2.28. The van der Waals surface area contributed by atoms with Crippen LogP contribution in [0, 0.1) is 0 Å². The molecule has 0 heterocycles. The van der Waals surface area contributed by atoms with Crippen molar-refractivity contribution in [3.05, 3.63) is 41.4 Å². The van der Waals surface area contributed by atoms with E-state index in [-0.39, 0.29) is 12.5 Å². The second-order valence-electron chi connectivity index (χ2n) is 3.25. The van der Waals surface area contributed by atoms with E-state index in [9.17, 15) is 4.79 Å². The predicted molar refractivity (Wildman–Crippen MR) is 68.2 cm³/mol. The Morgan fingerprint density at radius 2 is 2.06 bits per heavy atom. The number of nitrogens with one attached hydrogen (secondary N) is 1. The first-order valence-electron chi connectivity index (χ1n) is 5.22. The van der Waals surface area contributed by atoms with Crippen molar-refractivity contribution in [1.82, 2.24) is 5.32 Å². The summed E-state index contributed by atoms with van der Waals surface area (Å²) in [5, 5.41) is 3.30. The van der Waals surface area contributed by atoms with E-state index in [1.165, 1.54) is 0 Å². The summed E-state index contributed by atoms with van der Waals surface area (Å²) in [4.78, 5) is 11.3. The number of carbonyl (C=O) groups is 1. The van der Waals surface area contributed by atoms with Crippen LogP contribution in [0.25, 0.3) is 0 Å². The predicted octanol–water partition coefficient (Wildman–Crippen LogP) is 1.35. The van der Waals surface area contributed by atoms with Gasteiger partial charge < -0.3 is 15.8 Å². The van der Waals surface area contributed by atoms with Gasteiger partial charge in [0.05, 0.1) is 0 Å². The van der Waals surface area contributed by atoms with Gasteiger partial charge in [-0.25, -0.2) is 0 Å². The zero-order chi connectivity index (χ0) is 12.5. The number of rotatable bonds is 6. The molecule has 5 heteroatoms. The fourth-order valence-corrected chi connectivity index (χ4v) is 1.21. The van der Waals surface area contributed by atoms with Gasteiger partial charge in [0, 0.05) is 18.1 Å². The lowest BCUT2D eigenvalue weighted by molar-refractivity contribution is -0.122. The number of carbonyl (C=O) groups excluding carboxylic acids is 1. The molecule has 0 spiro atoms. The van der Waals surface area contributed by atoms with E-state index in [2.05, 4.69) is 5.32 Å². The van der Waals surface area contributed by atoms with E-state index in [0.29, 0.717) is 23.9 Å². The van der Waals surface area contributed by atoms with E-state index >= 15 is 0 Å². The van der Waals surface area contributed by atoms with Crippen molar-refractivity contribution in [2.24, 2.45) is 5.73 Å². The Kier molecular flexibility index (Phi) is 6.14. The number of hydrogen-bond donors (Lipinski definition) is 2. The molecule has 0 atom stereocenters. The van der Waals surface area contributed by atoms with Gasteiger partial charge >= 0.3 is 0 Å². The largest absolute Gasteiger partial charge is 0.484 e. The Balaban J connectivity index is 2.23. The molecule has 0 aliphatic heterocycles. The zero-order valence-electron chi connectivity index (χ0n) is 9.36. The molecule has 0 fully saturated rings. The van der Waals surface area contributed by atoms with Crippen molar-refractivity contribution in [3.8, 4) is 5.75 Å². The van der Waals surface area contributed by atoms with E-state index in [0.717, 1.165) is 0 Å². The molecule has 0 aliphatic rings. The van der Waals surface area contributed by atoms with Gasteiger partial charge in [-0.15, -0.1) is 0 Å². The third kappa shape index (κ3) is 5.94. The highest BCUT2D eigenvalue weighted by atomic mass is 35.5. The molecule has 0 unspecified atom stereocenters. The van der Waals surface area contributed by atoms with Crippen molar-refractivity contribution in [3.63, 3.8) is 0 Å². The average Bonchev–Trinajstić information content (AvgIpc) is 2.34. The Labute approximate surface area is 105 Å². The molecule has 1 aromatic carbocycles. The van der Waals surface area contributed by atoms with Crippen LogP contribution >= 0.6 is 11.6 Å². The minimum Gasteiger partial charge on any atom is -0.484 e. The second kappa shape index (κ2) is 7.70. The minimum absolute atomic E-state index is 0.0158. The van der Waals surface area contributed by atoms with Gasteiger partial charge in [-0.3, -0.25) is 4.79 Å². The van der Waals surface area contributed by atoms with Gasteiger partial charge in [0.2, 0.25) is 0 Å². The van der Waals surface area contributed by atoms with Gasteiger partial charge in [0.15, 0.2) is 6.61 Å². The molecule has 1 rings (SSSR count). The molecule has 3 N–H and O–H groups in total. The van der Waals surface area contributed by atoms with Gasteiger partial charge in [-0.1, -0.05) is 23.8 Å². The Bertz CT molecular complexity index is 377. The van der Waals surface area contributed by atoms with Crippen LogP contribution in [-0.2, 0) is 4.79 Å². The van der Waals surface area contributed by atoms with Gasteiger partial charge in [0.1, 0.15) is 5.75 Å². The van der Waals surface area contributed by atoms with Crippen LogP contribution in [0.1, 0.15) is 0 Å². The van der Waals surface area contributed by atoms with Crippen LogP contribution in [0.15, 0.2) is 36.4 Å². The smallest absolute Gasteiger partial charge is 0.258 e. The standard InChI is InChI=1S/C12H15ClN2O2/c13-10-3-5-11(6-4-10)17-9-12(16)15-8-2-1-7-14/h1-6H,7-9,14H2,(H,15,16)/b2-1-. The number of amides is 1. The van der Waals surface area contributed by atoms with Crippen molar-refractivity contribution in [2.45, 2.75) is 0 Å². The van der Waals surface area contributed by atoms with Crippen molar-refractivity contribution >= 4 is 17.5 Å². The molecule has 0 saturated carbocycles. The average molecular weight is 255 g/mol. The molecular weight excluding hydrogens is 240 g/mol. The maximum atomic E-state index is 11.3. The van der Waals surface area contributed by atoms with E-state index in [1.807, 2.05) is 0 Å². The fraction of sp³-hybridized carbons (Fsp3) is 0.250. The van der Waals surface area contributed by atoms with E-state index < -0.39 is 0 Å². The molecule has 1 aromatic rings. The number of ether oxygens (including phenoxy) is 1. The third-order valence-corrected chi connectivity index (χ3v) is 2.16. The highest BCUT2D eigenvalue weighted by Gasteiger charge is 2.00. The normalized spacial score (nSPS) is 10.5. The molecule has 4 nitrogen and oxygen atoms in total. The SMILES string of the molecule is NC/C=C\CNC(=O)COc1ccc(Cl)cc1. The highest BCUT2D eigenvalue weighted by molar-refractivity contribution is 6.30. The Morgan fingerprint density at radius 1 is 1.35 bits per heavy atom. The first-order valence-corrected chi connectivity index (χ1v) is 5.60. The number of benzene rings is 1.